The molecule has 2 fully saturated rings. The fraction of sp³-hybridized carbons (Fsp3) is 1.00. The van der Waals surface area contributed by atoms with Gasteiger partial charge in [-0.05, 0) is 40.0 Å². The van der Waals surface area contributed by atoms with Crippen LogP contribution in [0.4, 0.5) is 0 Å². The van der Waals surface area contributed by atoms with E-state index in [-0.39, 0.29) is 11.0 Å². The highest BCUT2D eigenvalue weighted by Gasteiger charge is 2.74. The largest absolute Gasteiger partial charge is 0.403 e. The molecule has 18 heavy (non-hydrogen) atoms. The molecule has 0 saturated carbocycles. The molecule has 2 rings (SSSR count). The van der Waals surface area contributed by atoms with Crippen molar-refractivity contribution < 1.29 is 18.3 Å². The molecule has 2 saturated heterocycles. The van der Waals surface area contributed by atoms with E-state index in [4.69, 9.17) is 18.3 Å². The van der Waals surface area contributed by atoms with Gasteiger partial charge in [0.25, 0.3) is 0 Å². The van der Waals surface area contributed by atoms with Gasteiger partial charge in [-0.2, -0.15) is 0 Å². The third-order valence-electron chi connectivity index (χ3n) is 4.13. The normalized spacial score (nSPS) is 37.3. The predicted molar refractivity (Wildman–Crippen MR) is 71.5 cm³/mol. The van der Waals surface area contributed by atoms with E-state index in [9.17, 15) is 0 Å². The summed E-state index contributed by atoms with van der Waals surface area (Å²) in [6, 6.07) is 0. The molecule has 5 heteroatoms. The Hall–Kier alpha value is 0.0569. The predicted octanol–water partition coefficient (Wildman–Crippen LogP) is 2.33. The van der Waals surface area contributed by atoms with Crippen LogP contribution in [0.3, 0.4) is 0 Å². The van der Waals surface area contributed by atoms with E-state index < -0.39 is 8.56 Å². The maximum absolute atomic E-state index is 6.19. The summed E-state index contributed by atoms with van der Waals surface area (Å²) in [5, 5.41) is -0.231. The Morgan fingerprint density at radius 2 is 1.78 bits per heavy atom. The number of ether oxygens (including phenoxy) is 2. The van der Waals surface area contributed by atoms with Crippen molar-refractivity contribution in [2.45, 2.75) is 64.0 Å². The molecule has 2 aliphatic heterocycles. The van der Waals surface area contributed by atoms with Gasteiger partial charge < -0.3 is 18.3 Å². The van der Waals surface area contributed by atoms with Gasteiger partial charge in [0.05, 0.1) is 6.10 Å². The molecule has 0 N–H and O–H groups in total. The maximum atomic E-state index is 6.19. The minimum absolute atomic E-state index is 0.178. The van der Waals surface area contributed by atoms with E-state index >= 15 is 0 Å². The van der Waals surface area contributed by atoms with Crippen LogP contribution < -0.4 is 0 Å². The Morgan fingerprint density at radius 3 is 2.28 bits per heavy atom. The Morgan fingerprint density at radius 1 is 1.11 bits per heavy atom. The Kier molecular flexibility index (Phi) is 4.49. The molecule has 2 heterocycles. The van der Waals surface area contributed by atoms with Crippen molar-refractivity contribution >= 4 is 8.56 Å². The summed E-state index contributed by atoms with van der Waals surface area (Å²) >= 11 is 0. The van der Waals surface area contributed by atoms with Crippen LogP contribution in [-0.2, 0) is 18.3 Å². The van der Waals surface area contributed by atoms with Gasteiger partial charge in [0, 0.05) is 19.8 Å². The molecular formula is C13H26O4Si. The van der Waals surface area contributed by atoms with Gasteiger partial charge in [-0.3, -0.25) is 0 Å². The smallest absolute Gasteiger partial charge is 0.391 e. The monoisotopic (exact) mass is 274 g/mol. The molecule has 0 aromatic carbocycles. The first-order valence-electron chi connectivity index (χ1n) is 7.27. The van der Waals surface area contributed by atoms with Crippen LogP contribution >= 0.6 is 0 Å². The highest BCUT2D eigenvalue weighted by Crippen LogP contribution is 2.51. The van der Waals surface area contributed by atoms with Gasteiger partial charge >= 0.3 is 8.56 Å². The lowest BCUT2D eigenvalue weighted by Gasteiger charge is -2.47. The summed E-state index contributed by atoms with van der Waals surface area (Å²) in [5.74, 6) is 0. The van der Waals surface area contributed by atoms with Gasteiger partial charge in [0.2, 0.25) is 0 Å². The van der Waals surface area contributed by atoms with E-state index in [1.807, 2.05) is 20.8 Å². The summed E-state index contributed by atoms with van der Waals surface area (Å²) in [6.07, 6.45) is 3.38. The van der Waals surface area contributed by atoms with Crippen molar-refractivity contribution in [1.29, 1.82) is 0 Å². The molecule has 0 aromatic rings. The summed E-state index contributed by atoms with van der Waals surface area (Å²) in [4.78, 5) is 0. The van der Waals surface area contributed by atoms with E-state index in [2.05, 4.69) is 6.92 Å². The molecule has 4 nitrogen and oxygen atoms in total. The number of epoxide rings is 1. The quantitative estimate of drug-likeness (QED) is 0.528. The van der Waals surface area contributed by atoms with Crippen molar-refractivity contribution in [1.82, 2.24) is 0 Å². The number of rotatable bonds is 7. The van der Waals surface area contributed by atoms with Crippen LogP contribution in [0.5, 0.6) is 0 Å². The van der Waals surface area contributed by atoms with E-state index in [1.165, 1.54) is 0 Å². The zero-order valence-corrected chi connectivity index (χ0v) is 13.0. The van der Waals surface area contributed by atoms with Gasteiger partial charge in [-0.15, -0.1) is 0 Å². The highest BCUT2D eigenvalue weighted by atomic mass is 28.4. The molecule has 0 amide bonds. The topological polar surface area (TPSA) is 40.2 Å². The van der Waals surface area contributed by atoms with Crippen molar-refractivity contribution in [2.24, 2.45) is 0 Å². The molecular weight excluding hydrogens is 248 g/mol. The van der Waals surface area contributed by atoms with E-state index in [0.717, 1.165) is 19.3 Å². The fourth-order valence-corrected chi connectivity index (χ4v) is 8.03. The zero-order valence-electron chi connectivity index (χ0n) is 12.0. The van der Waals surface area contributed by atoms with Crippen LogP contribution in [0.2, 0.25) is 0 Å². The zero-order chi connectivity index (χ0) is 13.2. The molecule has 0 spiro atoms. The molecule has 3 unspecified atom stereocenters. The lowest BCUT2D eigenvalue weighted by atomic mass is 10.1. The molecule has 3 atom stereocenters. The van der Waals surface area contributed by atoms with Crippen molar-refractivity contribution in [2.75, 3.05) is 19.8 Å². The van der Waals surface area contributed by atoms with Crippen LogP contribution in [0, 0.1) is 0 Å². The fourth-order valence-electron chi connectivity index (χ4n) is 3.38. The van der Waals surface area contributed by atoms with Crippen molar-refractivity contribution in [3.8, 4) is 0 Å². The van der Waals surface area contributed by atoms with Crippen LogP contribution in [0.1, 0.15) is 47.0 Å². The highest BCUT2D eigenvalue weighted by molar-refractivity contribution is 6.73. The maximum Gasteiger partial charge on any atom is 0.403 e. The molecule has 106 valence electrons. The van der Waals surface area contributed by atoms with Gasteiger partial charge in [0.15, 0.2) is 0 Å². The first-order valence-corrected chi connectivity index (χ1v) is 9.16. The summed E-state index contributed by atoms with van der Waals surface area (Å²) in [7, 11) is -2.46. The second kappa shape index (κ2) is 5.59. The molecule has 2 aliphatic rings. The van der Waals surface area contributed by atoms with Crippen molar-refractivity contribution in [3.05, 3.63) is 0 Å². The lowest BCUT2D eigenvalue weighted by Crippen LogP contribution is -2.70. The van der Waals surface area contributed by atoms with Crippen LogP contribution in [-0.4, -0.2) is 45.4 Å². The summed E-state index contributed by atoms with van der Waals surface area (Å²) < 4.78 is 24.4. The minimum atomic E-state index is -2.46. The number of fused-ring (bicyclic) bond motifs is 1. The van der Waals surface area contributed by atoms with Gasteiger partial charge in [-0.25, -0.2) is 0 Å². The van der Waals surface area contributed by atoms with Gasteiger partial charge in [0.1, 0.15) is 11.0 Å². The number of hydrogen-bond donors (Lipinski definition) is 0. The van der Waals surface area contributed by atoms with E-state index in [0.29, 0.717) is 25.9 Å². The van der Waals surface area contributed by atoms with Crippen LogP contribution in [0.25, 0.3) is 0 Å². The lowest BCUT2D eigenvalue weighted by molar-refractivity contribution is -0.0414. The SMILES string of the molecule is CCOC1(CC)CCC2OC2[Si]1(OCC)OCC. The third kappa shape index (κ3) is 2.06. The third-order valence-corrected chi connectivity index (χ3v) is 8.84. The Labute approximate surface area is 111 Å². The average Bonchev–Trinajstić information content (AvgIpc) is 3.14. The minimum Gasteiger partial charge on any atom is -0.391 e. The molecule has 0 aliphatic carbocycles. The van der Waals surface area contributed by atoms with Crippen molar-refractivity contribution in [3.63, 3.8) is 0 Å². The first-order chi connectivity index (χ1) is 8.69. The Bertz CT molecular complexity index is 280. The average molecular weight is 274 g/mol. The van der Waals surface area contributed by atoms with Crippen LogP contribution in [0.15, 0.2) is 0 Å². The summed E-state index contributed by atoms with van der Waals surface area (Å²) in [6.45, 7) is 10.4. The summed E-state index contributed by atoms with van der Waals surface area (Å²) in [5.41, 5.74) is 0.178. The molecule has 0 aromatic heterocycles. The van der Waals surface area contributed by atoms with E-state index in [1.54, 1.807) is 0 Å². The Balaban J connectivity index is 2.32. The standard InChI is InChI=1S/C13H26O4Si/c1-5-13(14-6-2)10-9-11-12(17-11)18(13,15-7-3)16-8-4/h11-12H,5-10H2,1-4H3. The number of hydrogen-bond acceptors (Lipinski definition) is 4. The first kappa shape index (κ1) is 14.5. The second-order valence-electron chi connectivity index (χ2n) is 4.95. The molecule has 0 radical (unpaired) electrons. The second-order valence-corrected chi connectivity index (χ2v) is 8.34. The van der Waals surface area contributed by atoms with Gasteiger partial charge in [-0.1, -0.05) is 6.92 Å². The molecule has 0 bridgehead atoms.